The second kappa shape index (κ2) is 13.7. The van der Waals surface area contributed by atoms with Crippen molar-refractivity contribution >= 4 is 17.5 Å². The van der Waals surface area contributed by atoms with Gasteiger partial charge in [-0.1, -0.05) is 32.0 Å². The van der Waals surface area contributed by atoms with Gasteiger partial charge in [-0.3, -0.25) is 14.4 Å². The summed E-state index contributed by atoms with van der Waals surface area (Å²) in [5.41, 5.74) is 2.84. The van der Waals surface area contributed by atoms with Crippen molar-refractivity contribution in [2.45, 2.75) is 71.6 Å². The predicted molar refractivity (Wildman–Crippen MR) is 172 cm³/mol. The van der Waals surface area contributed by atoms with E-state index in [0.29, 0.717) is 23.8 Å². The van der Waals surface area contributed by atoms with Crippen molar-refractivity contribution in [3.63, 3.8) is 0 Å². The Balaban J connectivity index is 1.55. The number of aliphatic carboxylic acids is 1. The van der Waals surface area contributed by atoms with Crippen LogP contribution in [0.3, 0.4) is 0 Å². The Hall–Kier alpha value is -4.45. The number of nitrogens with zero attached hydrogens (tertiary/aromatic N) is 4. The molecule has 0 bridgehead atoms. The molecular weight excluding hydrogens is 611 g/mol. The molecule has 2 atom stereocenters. The number of halogens is 3. The summed E-state index contributed by atoms with van der Waals surface area (Å²) in [6.07, 6.45) is 2.26. The second-order valence-corrected chi connectivity index (χ2v) is 12.8. The molecule has 3 aromatic heterocycles. The Kier molecular flexibility index (Phi) is 9.90. The molecule has 5 rings (SSSR count). The maximum absolute atomic E-state index is 14.1. The number of carbonyl (C=O) groups excluding carboxylic acids is 1. The van der Waals surface area contributed by atoms with Gasteiger partial charge in [0.25, 0.3) is 5.56 Å². The van der Waals surface area contributed by atoms with Gasteiger partial charge in [-0.25, -0.2) is 4.98 Å². The quantitative estimate of drug-likeness (QED) is 0.196. The van der Waals surface area contributed by atoms with Crippen molar-refractivity contribution in [1.29, 1.82) is 0 Å². The fourth-order valence-electron chi connectivity index (χ4n) is 6.34. The van der Waals surface area contributed by atoms with Gasteiger partial charge in [-0.15, -0.1) is 0 Å². The average molecular weight is 652 g/mol. The number of imidazole rings is 1. The van der Waals surface area contributed by atoms with Crippen LogP contribution in [0.5, 0.6) is 0 Å². The van der Waals surface area contributed by atoms with E-state index in [1.54, 1.807) is 23.0 Å². The summed E-state index contributed by atoms with van der Waals surface area (Å²) in [7, 11) is 0. The monoisotopic (exact) mass is 651 g/mol. The number of aromatic nitrogens is 3. The second-order valence-electron chi connectivity index (χ2n) is 12.8. The average Bonchev–Trinajstić information content (AvgIpc) is 3.43. The van der Waals surface area contributed by atoms with Gasteiger partial charge in [-0.2, -0.15) is 13.2 Å². The van der Waals surface area contributed by atoms with Gasteiger partial charge in [0.2, 0.25) is 5.91 Å². The van der Waals surface area contributed by atoms with E-state index >= 15 is 0 Å². The molecule has 1 amide bonds. The van der Waals surface area contributed by atoms with Crippen molar-refractivity contribution < 1.29 is 27.9 Å². The van der Waals surface area contributed by atoms with Crippen LogP contribution in [0, 0.1) is 19.8 Å². The summed E-state index contributed by atoms with van der Waals surface area (Å²) < 4.78 is 44.9. The Labute approximate surface area is 271 Å². The normalized spacial score (nSPS) is 15.1. The number of amides is 1. The number of carbonyl (C=O) groups is 2. The Morgan fingerprint density at radius 1 is 1.09 bits per heavy atom. The van der Waals surface area contributed by atoms with E-state index in [1.807, 2.05) is 56.9 Å². The highest BCUT2D eigenvalue weighted by molar-refractivity contribution is 5.84. The van der Waals surface area contributed by atoms with Gasteiger partial charge in [0.1, 0.15) is 11.7 Å². The van der Waals surface area contributed by atoms with Gasteiger partial charge in [0.05, 0.1) is 18.0 Å². The number of alkyl halides is 3. The number of pyridine rings is 2. The number of carboxylic acids is 1. The molecule has 47 heavy (non-hydrogen) atoms. The summed E-state index contributed by atoms with van der Waals surface area (Å²) in [5.74, 6) is -1.92. The molecule has 4 aromatic rings. The van der Waals surface area contributed by atoms with Crippen molar-refractivity contribution in [3.8, 4) is 11.1 Å². The van der Waals surface area contributed by atoms with Gasteiger partial charge in [-0.05, 0) is 86.0 Å². The van der Waals surface area contributed by atoms with Crippen LogP contribution in [0.25, 0.3) is 16.8 Å². The first-order valence-electron chi connectivity index (χ1n) is 15.8. The molecule has 4 heterocycles. The molecule has 1 aromatic carbocycles. The third-order valence-corrected chi connectivity index (χ3v) is 8.80. The number of likely N-dealkylation sites (tertiary alicyclic amines) is 1. The zero-order chi connectivity index (χ0) is 34.0. The molecule has 12 heteroatoms. The van der Waals surface area contributed by atoms with Crippen LogP contribution in [0.15, 0.2) is 59.9 Å². The number of benzene rings is 1. The summed E-state index contributed by atoms with van der Waals surface area (Å²) in [6.45, 7) is 9.66. The van der Waals surface area contributed by atoms with E-state index in [9.17, 15) is 32.7 Å². The molecule has 0 unspecified atom stereocenters. The lowest BCUT2D eigenvalue weighted by atomic mass is 9.93. The van der Waals surface area contributed by atoms with Crippen LogP contribution in [0.4, 0.5) is 13.2 Å². The van der Waals surface area contributed by atoms with Gasteiger partial charge in [0, 0.05) is 43.0 Å². The van der Waals surface area contributed by atoms with Crippen LogP contribution in [-0.4, -0.2) is 55.5 Å². The number of fused-ring (bicyclic) bond motifs is 1. The van der Waals surface area contributed by atoms with Crippen LogP contribution < -0.4 is 10.9 Å². The standard InChI is InChI=1S/C35H40F3N5O4/c1-21(2)15-29(43-20-24(9-13-41-11-6-12-41)27(17-30(43)44)35(36,37)38)34(47)40-28(18-31(45)46)25-16-26(33-39-10-14-42(33)19-25)32-22(3)7-5-8-23(32)4/h5,7-8,10,14,16-17,19-21,28-29H,6,9,11-13,15,18H2,1-4H3,(H,40,47)(H,45,46)/t28-,29-/m0/s1. The zero-order valence-corrected chi connectivity index (χ0v) is 27.0. The Bertz CT molecular complexity index is 1820. The zero-order valence-electron chi connectivity index (χ0n) is 27.0. The van der Waals surface area contributed by atoms with Crippen molar-refractivity contribution in [3.05, 3.63) is 93.3 Å². The number of nitrogens with one attached hydrogen (secondary N) is 1. The minimum Gasteiger partial charge on any atom is -0.481 e. The highest BCUT2D eigenvalue weighted by Crippen LogP contribution is 2.34. The molecule has 0 aliphatic carbocycles. The highest BCUT2D eigenvalue weighted by atomic mass is 19.4. The molecule has 250 valence electrons. The molecular formula is C35H40F3N5O4. The van der Waals surface area contributed by atoms with E-state index in [0.717, 1.165) is 46.3 Å². The highest BCUT2D eigenvalue weighted by Gasteiger charge is 2.36. The molecule has 1 saturated heterocycles. The number of rotatable bonds is 12. The van der Waals surface area contributed by atoms with Gasteiger partial charge < -0.3 is 24.3 Å². The summed E-state index contributed by atoms with van der Waals surface area (Å²) in [5, 5.41) is 12.7. The van der Waals surface area contributed by atoms with E-state index in [1.165, 1.54) is 6.20 Å². The summed E-state index contributed by atoms with van der Waals surface area (Å²) in [6, 6.07) is 6.11. The minimum absolute atomic E-state index is 0.0588. The fraction of sp³-hybridized carbons (Fsp3) is 0.429. The lowest BCUT2D eigenvalue weighted by Gasteiger charge is -2.31. The SMILES string of the molecule is Cc1cccc(C)c1-c1cc([C@H](CC(=O)O)NC(=O)[C@H](CC(C)C)n2cc(CCN3CCC3)c(C(F)(F)F)cc2=O)cn2ccnc12. The summed E-state index contributed by atoms with van der Waals surface area (Å²) >= 11 is 0. The molecule has 0 radical (unpaired) electrons. The molecule has 1 aliphatic rings. The first kappa shape index (κ1) is 33.9. The smallest absolute Gasteiger partial charge is 0.416 e. The number of hydrogen-bond acceptors (Lipinski definition) is 5. The van der Waals surface area contributed by atoms with Crippen LogP contribution in [0.2, 0.25) is 0 Å². The van der Waals surface area contributed by atoms with E-state index in [2.05, 4.69) is 10.3 Å². The first-order valence-corrected chi connectivity index (χ1v) is 15.8. The largest absolute Gasteiger partial charge is 0.481 e. The lowest BCUT2D eigenvalue weighted by molar-refractivity contribution is -0.139. The fourth-order valence-corrected chi connectivity index (χ4v) is 6.34. The third-order valence-electron chi connectivity index (χ3n) is 8.80. The molecule has 1 fully saturated rings. The van der Waals surface area contributed by atoms with Crippen LogP contribution in [-0.2, 0) is 22.2 Å². The van der Waals surface area contributed by atoms with Gasteiger partial charge in [0.15, 0.2) is 0 Å². The van der Waals surface area contributed by atoms with Crippen molar-refractivity contribution in [1.82, 2.24) is 24.2 Å². The maximum Gasteiger partial charge on any atom is 0.416 e. The summed E-state index contributed by atoms with van der Waals surface area (Å²) in [4.78, 5) is 46.0. The molecule has 1 aliphatic heterocycles. The lowest BCUT2D eigenvalue weighted by Crippen LogP contribution is -2.41. The van der Waals surface area contributed by atoms with Crippen LogP contribution in [0.1, 0.15) is 73.0 Å². The number of aryl methyl sites for hydroxylation is 2. The Morgan fingerprint density at radius 3 is 2.38 bits per heavy atom. The van der Waals surface area contributed by atoms with Gasteiger partial charge >= 0.3 is 12.1 Å². The first-order chi connectivity index (χ1) is 22.2. The van der Waals surface area contributed by atoms with E-state index in [-0.39, 0.29) is 24.3 Å². The molecule has 9 nitrogen and oxygen atoms in total. The maximum atomic E-state index is 14.1. The number of hydrogen-bond donors (Lipinski definition) is 2. The molecule has 2 N–H and O–H groups in total. The Morgan fingerprint density at radius 2 is 1.79 bits per heavy atom. The van der Waals surface area contributed by atoms with E-state index in [4.69, 9.17) is 0 Å². The number of carboxylic acid groups (broad SMARTS) is 1. The third kappa shape index (κ3) is 7.59. The molecule has 0 spiro atoms. The molecule has 0 saturated carbocycles. The predicted octanol–water partition coefficient (Wildman–Crippen LogP) is 5.97. The van der Waals surface area contributed by atoms with Crippen LogP contribution >= 0.6 is 0 Å². The van der Waals surface area contributed by atoms with Crippen molar-refractivity contribution in [2.75, 3.05) is 19.6 Å². The van der Waals surface area contributed by atoms with Crippen molar-refractivity contribution in [2.24, 2.45) is 5.92 Å². The minimum atomic E-state index is -4.73. The topological polar surface area (TPSA) is 109 Å². The van der Waals surface area contributed by atoms with E-state index < -0.39 is 47.7 Å².